The largest absolute Gasteiger partial charge is 0.484 e. The molecule has 29 heavy (non-hydrogen) atoms. The molecule has 0 atom stereocenters. The van der Waals surface area contributed by atoms with Crippen LogP contribution in [0.15, 0.2) is 48.5 Å². The standard InChI is InChI=1S/C23H25N3O3/c24-13-12-17-8-10-21(11-9-17)29-16-22(27)25-15-18-4-3-7-20(14-18)26-23(28)19-5-1-2-6-19/h3-4,7-11,14,19H,1-2,5-6,12,15-16H2,(H,25,27)(H,26,28). The van der Waals surface area contributed by atoms with Gasteiger partial charge in [0.1, 0.15) is 5.75 Å². The minimum atomic E-state index is -0.230. The molecule has 0 unspecified atom stereocenters. The van der Waals surface area contributed by atoms with Crippen LogP contribution in [0.1, 0.15) is 36.8 Å². The lowest BCUT2D eigenvalue weighted by Crippen LogP contribution is -2.28. The number of rotatable bonds is 8. The van der Waals surface area contributed by atoms with E-state index >= 15 is 0 Å². The Kier molecular flexibility index (Phi) is 7.23. The molecule has 6 nitrogen and oxygen atoms in total. The maximum atomic E-state index is 12.3. The first-order valence-corrected chi connectivity index (χ1v) is 9.89. The van der Waals surface area contributed by atoms with Crippen LogP contribution in [-0.4, -0.2) is 18.4 Å². The Balaban J connectivity index is 1.43. The highest BCUT2D eigenvalue weighted by Gasteiger charge is 2.22. The van der Waals surface area contributed by atoms with Gasteiger partial charge < -0.3 is 15.4 Å². The van der Waals surface area contributed by atoms with Crippen molar-refractivity contribution < 1.29 is 14.3 Å². The van der Waals surface area contributed by atoms with E-state index in [2.05, 4.69) is 16.7 Å². The molecule has 0 aromatic heterocycles. The number of ether oxygens (including phenoxy) is 1. The molecule has 2 aromatic carbocycles. The Morgan fingerprint density at radius 3 is 2.55 bits per heavy atom. The van der Waals surface area contributed by atoms with E-state index in [1.54, 1.807) is 12.1 Å². The van der Waals surface area contributed by atoms with Crippen LogP contribution in [0, 0.1) is 17.2 Å². The fraction of sp³-hybridized carbons (Fsp3) is 0.348. The second kappa shape index (κ2) is 10.3. The SMILES string of the molecule is N#CCc1ccc(OCC(=O)NCc2cccc(NC(=O)C3CCCC3)c2)cc1. The van der Waals surface area contributed by atoms with Crippen molar-refractivity contribution in [1.82, 2.24) is 5.32 Å². The van der Waals surface area contributed by atoms with E-state index in [0.717, 1.165) is 42.5 Å². The summed E-state index contributed by atoms with van der Waals surface area (Å²) in [7, 11) is 0. The minimum absolute atomic E-state index is 0.0814. The van der Waals surface area contributed by atoms with Crippen LogP contribution in [0.25, 0.3) is 0 Å². The predicted molar refractivity (Wildman–Crippen MR) is 110 cm³/mol. The minimum Gasteiger partial charge on any atom is -0.484 e. The van der Waals surface area contributed by atoms with Crippen molar-refractivity contribution in [2.75, 3.05) is 11.9 Å². The predicted octanol–water partition coefficient (Wildman–Crippen LogP) is 3.58. The molecule has 0 heterocycles. The van der Waals surface area contributed by atoms with Crippen molar-refractivity contribution in [1.29, 1.82) is 5.26 Å². The molecular formula is C23H25N3O3. The van der Waals surface area contributed by atoms with Gasteiger partial charge in [-0.2, -0.15) is 5.26 Å². The van der Waals surface area contributed by atoms with Crippen molar-refractivity contribution >= 4 is 17.5 Å². The van der Waals surface area contributed by atoms with Gasteiger partial charge in [0.05, 0.1) is 12.5 Å². The molecule has 6 heteroatoms. The summed E-state index contributed by atoms with van der Waals surface area (Å²) in [6.07, 6.45) is 4.51. The third kappa shape index (κ3) is 6.35. The first kappa shape index (κ1) is 20.4. The van der Waals surface area contributed by atoms with Gasteiger partial charge in [-0.25, -0.2) is 0 Å². The maximum absolute atomic E-state index is 12.3. The number of nitriles is 1. The lowest BCUT2D eigenvalue weighted by molar-refractivity contribution is -0.123. The molecule has 1 aliphatic rings. The van der Waals surface area contributed by atoms with Gasteiger partial charge in [0, 0.05) is 18.2 Å². The zero-order valence-electron chi connectivity index (χ0n) is 16.3. The van der Waals surface area contributed by atoms with Crippen molar-refractivity contribution in [2.24, 2.45) is 5.92 Å². The molecular weight excluding hydrogens is 366 g/mol. The molecule has 2 aromatic rings. The Morgan fingerprint density at radius 2 is 1.83 bits per heavy atom. The van der Waals surface area contributed by atoms with Crippen LogP contribution in [0.4, 0.5) is 5.69 Å². The molecule has 1 fully saturated rings. The lowest BCUT2D eigenvalue weighted by Gasteiger charge is -2.12. The number of nitrogens with zero attached hydrogens (tertiary/aromatic N) is 1. The fourth-order valence-corrected chi connectivity index (χ4v) is 3.39. The molecule has 2 amide bonds. The van der Waals surface area contributed by atoms with Gasteiger partial charge in [0.15, 0.2) is 6.61 Å². The van der Waals surface area contributed by atoms with E-state index in [1.165, 1.54) is 0 Å². The van der Waals surface area contributed by atoms with E-state index in [-0.39, 0.29) is 24.3 Å². The number of nitrogens with one attached hydrogen (secondary N) is 2. The molecule has 150 valence electrons. The number of carbonyl (C=O) groups is 2. The third-order valence-corrected chi connectivity index (χ3v) is 4.99. The number of carbonyl (C=O) groups excluding carboxylic acids is 2. The molecule has 0 spiro atoms. The van der Waals surface area contributed by atoms with Gasteiger partial charge in [-0.05, 0) is 48.2 Å². The normalized spacial score (nSPS) is 13.5. The second-order valence-corrected chi connectivity index (χ2v) is 7.22. The molecule has 0 bridgehead atoms. The highest BCUT2D eigenvalue weighted by Crippen LogP contribution is 2.26. The zero-order chi connectivity index (χ0) is 20.5. The summed E-state index contributed by atoms with van der Waals surface area (Å²) in [5.74, 6) is 0.548. The monoisotopic (exact) mass is 391 g/mol. The van der Waals surface area contributed by atoms with E-state index < -0.39 is 0 Å². The summed E-state index contributed by atoms with van der Waals surface area (Å²) in [5.41, 5.74) is 2.56. The number of hydrogen-bond acceptors (Lipinski definition) is 4. The number of amides is 2. The van der Waals surface area contributed by atoms with E-state index in [4.69, 9.17) is 10.00 Å². The zero-order valence-corrected chi connectivity index (χ0v) is 16.3. The quantitative estimate of drug-likeness (QED) is 0.720. The van der Waals surface area contributed by atoms with Crippen molar-refractivity contribution in [3.05, 3.63) is 59.7 Å². The summed E-state index contributed by atoms with van der Waals surface area (Å²) >= 11 is 0. The average Bonchev–Trinajstić information content (AvgIpc) is 3.27. The Labute approximate surface area is 170 Å². The number of benzene rings is 2. The molecule has 2 N–H and O–H groups in total. The van der Waals surface area contributed by atoms with Crippen LogP contribution >= 0.6 is 0 Å². The first-order valence-electron chi connectivity index (χ1n) is 9.89. The van der Waals surface area contributed by atoms with Crippen molar-refractivity contribution in [2.45, 2.75) is 38.6 Å². The van der Waals surface area contributed by atoms with Gasteiger partial charge in [-0.1, -0.05) is 37.1 Å². The topological polar surface area (TPSA) is 91.2 Å². The third-order valence-electron chi connectivity index (χ3n) is 4.99. The van der Waals surface area contributed by atoms with Gasteiger partial charge in [0.25, 0.3) is 5.91 Å². The number of anilines is 1. The van der Waals surface area contributed by atoms with Crippen LogP contribution in [0.5, 0.6) is 5.75 Å². The summed E-state index contributed by atoms with van der Waals surface area (Å²) in [6.45, 7) is 0.270. The molecule has 1 aliphatic carbocycles. The Morgan fingerprint density at radius 1 is 1.07 bits per heavy atom. The highest BCUT2D eigenvalue weighted by molar-refractivity contribution is 5.92. The van der Waals surface area contributed by atoms with E-state index in [0.29, 0.717) is 18.7 Å². The van der Waals surface area contributed by atoms with Crippen LogP contribution in [0.2, 0.25) is 0 Å². The summed E-state index contributed by atoms with van der Waals surface area (Å²) in [6, 6.07) is 16.7. The van der Waals surface area contributed by atoms with E-state index in [1.807, 2.05) is 36.4 Å². The average molecular weight is 391 g/mol. The van der Waals surface area contributed by atoms with Gasteiger partial charge in [-0.15, -0.1) is 0 Å². The molecule has 0 saturated heterocycles. The molecule has 3 rings (SSSR count). The first-order chi connectivity index (χ1) is 14.1. The maximum Gasteiger partial charge on any atom is 0.258 e. The van der Waals surface area contributed by atoms with Crippen LogP contribution in [0.3, 0.4) is 0 Å². The van der Waals surface area contributed by atoms with Crippen molar-refractivity contribution in [3.8, 4) is 11.8 Å². The Hall–Kier alpha value is -3.33. The summed E-state index contributed by atoms with van der Waals surface area (Å²) in [5, 5.41) is 14.5. The van der Waals surface area contributed by atoms with Gasteiger partial charge in [0.2, 0.25) is 5.91 Å². The van der Waals surface area contributed by atoms with E-state index in [9.17, 15) is 9.59 Å². The molecule has 0 radical (unpaired) electrons. The van der Waals surface area contributed by atoms with Crippen molar-refractivity contribution in [3.63, 3.8) is 0 Å². The second-order valence-electron chi connectivity index (χ2n) is 7.22. The van der Waals surface area contributed by atoms with Crippen LogP contribution in [-0.2, 0) is 22.6 Å². The Bertz CT molecular complexity index is 881. The fourth-order valence-electron chi connectivity index (χ4n) is 3.39. The summed E-state index contributed by atoms with van der Waals surface area (Å²) in [4.78, 5) is 24.3. The highest BCUT2D eigenvalue weighted by atomic mass is 16.5. The van der Waals surface area contributed by atoms with Crippen LogP contribution < -0.4 is 15.4 Å². The molecule has 1 saturated carbocycles. The summed E-state index contributed by atoms with van der Waals surface area (Å²) < 4.78 is 5.47. The smallest absolute Gasteiger partial charge is 0.258 e. The van der Waals surface area contributed by atoms with Gasteiger partial charge >= 0.3 is 0 Å². The van der Waals surface area contributed by atoms with Gasteiger partial charge in [-0.3, -0.25) is 9.59 Å². The molecule has 0 aliphatic heterocycles. The number of hydrogen-bond donors (Lipinski definition) is 2. The lowest BCUT2D eigenvalue weighted by atomic mass is 10.1.